The second-order valence-electron chi connectivity index (χ2n) is 6.46. The SMILES string of the molecule is CS(=O)(=O)c1ccc(-c2cn3c(c2-c2ccc(Cl)cc2)CCC3)cc1. The Labute approximate surface area is 152 Å². The Morgan fingerprint density at radius 3 is 2.24 bits per heavy atom. The minimum absolute atomic E-state index is 0.344. The minimum atomic E-state index is -3.19. The summed E-state index contributed by atoms with van der Waals surface area (Å²) in [5.74, 6) is 0. The zero-order chi connectivity index (χ0) is 17.6. The Hall–Kier alpha value is -2.04. The number of nitrogens with zero attached hydrogens (tertiary/aromatic N) is 1. The van der Waals surface area contributed by atoms with Crippen LogP contribution >= 0.6 is 11.6 Å². The average molecular weight is 372 g/mol. The highest BCUT2D eigenvalue weighted by Crippen LogP contribution is 2.40. The van der Waals surface area contributed by atoms with E-state index in [0.29, 0.717) is 4.90 Å². The summed E-state index contributed by atoms with van der Waals surface area (Å²) in [5.41, 5.74) is 5.87. The van der Waals surface area contributed by atoms with Gasteiger partial charge in [0.2, 0.25) is 0 Å². The van der Waals surface area contributed by atoms with E-state index in [1.807, 2.05) is 36.4 Å². The molecule has 0 aliphatic carbocycles. The minimum Gasteiger partial charge on any atom is -0.350 e. The molecule has 0 saturated heterocycles. The molecule has 1 aliphatic heterocycles. The first-order chi connectivity index (χ1) is 11.9. The second-order valence-corrected chi connectivity index (χ2v) is 8.92. The highest BCUT2D eigenvalue weighted by atomic mass is 35.5. The molecule has 0 unspecified atom stereocenters. The van der Waals surface area contributed by atoms with Gasteiger partial charge in [0.05, 0.1) is 4.90 Å². The summed E-state index contributed by atoms with van der Waals surface area (Å²) < 4.78 is 25.7. The number of aryl methyl sites for hydroxylation is 1. The molecule has 0 atom stereocenters. The number of sulfone groups is 1. The molecule has 3 aromatic rings. The van der Waals surface area contributed by atoms with E-state index in [0.717, 1.165) is 41.1 Å². The molecule has 0 saturated carbocycles. The number of fused-ring (bicyclic) bond motifs is 1. The number of hydrogen-bond donors (Lipinski definition) is 0. The lowest BCUT2D eigenvalue weighted by molar-refractivity contribution is 0.602. The third-order valence-electron chi connectivity index (χ3n) is 4.73. The van der Waals surface area contributed by atoms with Crippen molar-refractivity contribution < 1.29 is 8.42 Å². The Morgan fingerprint density at radius 2 is 1.60 bits per heavy atom. The standard InChI is InChI=1S/C20H18ClNO2S/c1-25(23,24)17-10-6-14(7-11-17)18-13-22-12-2-3-19(22)20(18)15-4-8-16(21)9-5-15/h4-11,13H,2-3,12H2,1H3. The van der Waals surface area contributed by atoms with Crippen LogP contribution in [0.4, 0.5) is 0 Å². The van der Waals surface area contributed by atoms with Gasteiger partial charge >= 0.3 is 0 Å². The Bertz CT molecular complexity index is 1030. The number of rotatable bonds is 3. The van der Waals surface area contributed by atoms with Crippen molar-refractivity contribution in [3.63, 3.8) is 0 Å². The van der Waals surface area contributed by atoms with Crippen LogP contribution in [0.1, 0.15) is 12.1 Å². The third-order valence-corrected chi connectivity index (χ3v) is 6.11. The molecule has 4 rings (SSSR count). The first kappa shape index (κ1) is 16.4. The fourth-order valence-electron chi connectivity index (χ4n) is 3.52. The monoisotopic (exact) mass is 371 g/mol. The predicted octanol–water partition coefficient (Wildman–Crippen LogP) is 4.83. The van der Waals surface area contributed by atoms with Crippen molar-refractivity contribution in [2.45, 2.75) is 24.3 Å². The van der Waals surface area contributed by atoms with Gasteiger partial charge in [-0.2, -0.15) is 0 Å². The van der Waals surface area contributed by atoms with Crippen LogP contribution in [-0.4, -0.2) is 19.2 Å². The summed E-state index contributed by atoms with van der Waals surface area (Å²) in [4.78, 5) is 0.344. The molecule has 2 aromatic carbocycles. The molecule has 0 fully saturated rings. The maximum Gasteiger partial charge on any atom is 0.175 e. The van der Waals surface area contributed by atoms with Crippen LogP contribution in [0.2, 0.25) is 5.02 Å². The van der Waals surface area contributed by atoms with Gasteiger partial charge in [-0.3, -0.25) is 0 Å². The first-order valence-electron chi connectivity index (χ1n) is 8.22. The highest BCUT2D eigenvalue weighted by molar-refractivity contribution is 7.90. The van der Waals surface area contributed by atoms with Gasteiger partial charge in [-0.05, 0) is 48.2 Å². The van der Waals surface area contributed by atoms with E-state index in [4.69, 9.17) is 11.6 Å². The summed E-state index contributed by atoms with van der Waals surface area (Å²) in [6, 6.07) is 15.1. The normalized spacial score (nSPS) is 13.8. The van der Waals surface area contributed by atoms with E-state index in [1.54, 1.807) is 12.1 Å². The largest absolute Gasteiger partial charge is 0.350 e. The Morgan fingerprint density at radius 1 is 0.960 bits per heavy atom. The van der Waals surface area contributed by atoms with Crippen LogP contribution in [0.5, 0.6) is 0 Å². The zero-order valence-electron chi connectivity index (χ0n) is 13.9. The van der Waals surface area contributed by atoms with Gasteiger partial charge < -0.3 is 4.57 Å². The lowest BCUT2D eigenvalue weighted by Gasteiger charge is -2.08. The van der Waals surface area contributed by atoms with Crippen LogP contribution in [0.15, 0.2) is 59.6 Å². The van der Waals surface area contributed by atoms with E-state index < -0.39 is 9.84 Å². The molecule has 1 aromatic heterocycles. The van der Waals surface area contributed by atoms with Crippen molar-refractivity contribution in [3.05, 3.63) is 65.4 Å². The predicted molar refractivity (Wildman–Crippen MR) is 102 cm³/mol. The fourth-order valence-corrected chi connectivity index (χ4v) is 4.28. The van der Waals surface area contributed by atoms with Gasteiger partial charge in [-0.15, -0.1) is 0 Å². The molecule has 5 heteroatoms. The van der Waals surface area contributed by atoms with Crippen molar-refractivity contribution in [2.75, 3.05) is 6.26 Å². The third kappa shape index (κ3) is 3.00. The highest BCUT2D eigenvalue weighted by Gasteiger charge is 2.22. The van der Waals surface area contributed by atoms with Crippen molar-refractivity contribution in [1.29, 1.82) is 0 Å². The van der Waals surface area contributed by atoms with Gasteiger partial charge in [0.15, 0.2) is 9.84 Å². The summed E-state index contributed by atoms with van der Waals surface area (Å²) in [6.45, 7) is 1.03. The van der Waals surface area contributed by atoms with Crippen LogP contribution in [0.3, 0.4) is 0 Å². The number of benzene rings is 2. The van der Waals surface area contributed by atoms with E-state index in [-0.39, 0.29) is 0 Å². The van der Waals surface area contributed by atoms with Gasteiger partial charge in [-0.1, -0.05) is 35.9 Å². The lowest BCUT2D eigenvalue weighted by Crippen LogP contribution is -1.96. The number of aromatic nitrogens is 1. The molecule has 2 heterocycles. The molecule has 25 heavy (non-hydrogen) atoms. The fraction of sp³-hybridized carbons (Fsp3) is 0.200. The zero-order valence-corrected chi connectivity index (χ0v) is 15.4. The molecule has 128 valence electrons. The van der Waals surface area contributed by atoms with E-state index in [1.165, 1.54) is 17.5 Å². The Balaban J connectivity index is 1.87. The summed E-state index contributed by atoms with van der Waals surface area (Å²) >= 11 is 6.05. The summed E-state index contributed by atoms with van der Waals surface area (Å²) in [6.07, 6.45) is 5.62. The smallest absolute Gasteiger partial charge is 0.175 e. The molecule has 1 aliphatic rings. The van der Waals surface area contributed by atoms with Crippen molar-refractivity contribution in [1.82, 2.24) is 4.57 Å². The molecule has 0 amide bonds. The molecular weight excluding hydrogens is 354 g/mol. The second kappa shape index (κ2) is 6.04. The van der Waals surface area contributed by atoms with Crippen LogP contribution in [-0.2, 0) is 22.8 Å². The van der Waals surface area contributed by atoms with Gasteiger partial charge in [-0.25, -0.2) is 8.42 Å². The molecule has 3 nitrogen and oxygen atoms in total. The number of halogens is 1. The van der Waals surface area contributed by atoms with E-state index in [2.05, 4.69) is 10.8 Å². The van der Waals surface area contributed by atoms with Crippen LogP contribution in [0, 0.1) is 0 Å². The topological polar surface area (TPSA) is 39.1 Å². The maximum atomic E-state index is 11.7. The van der Waals surface area contributed by atoms with Crippen molar-refractivity contribution in [2.24, 2.45) is 0 Å². The quantitative estimate of drug-likeness (QED) is 0.661. The van der Waals surface area contributed by atoms with Crippen molar-refractivity contribution in [3.8, 4) is 22.3 Å². The Kier molecular flexibility index (Phi) is 3.97. The van der Waals surface area contributed by atoms with Gasteiger partial charge in [0.25, 0.3) is 0 Å². The van der Waals surface area contributed by atoms with Crippen molar-refractivity contribution >= 4 is 21.4 Å². The van der Waals surface area contributed by atoms with Crippen LogP contribution < -0.4 is 0 Å². The maximum absolute atomic E-state index is 11.7. The first-order valence-corrected chi connectivity index (χ1v) is 10.5. The van der Waals surface area contributed by atoms with Gasteiger partial charge in [0.1, 0.15) is 0 Å². The molecule has 0 N–H and O–H groups in total. The van der Waals surface area contributed by atoms with E-state index >= 15 is 0 Å². The van der Waals surface area contributed by atoms with Gasteiger partial charge in [0, 0.05) is 40.8 Å². The van der Waals surface area contributed by atoms with Crippen LogP contribution in [0.25, 0.3) is 22.3 Å². The number of hydrogen-bond acceptors (Lipinski definition) is 2. The lowest BCUT2D eigenvalue weighted by atomic mass is 9.96. The average Bonchev–Trinajstić information content (AvgIpc) is 3.16. The summed E-state index contributed by atoms with van der Waals surface area (Å²) in [7, 11) is -3.19. The molecule has 0 spiro atoms. The molecular formula is C20H18ClNO2S. The van der Waals surface area contributed by atoms with E-state index in [9.17, 15) is 8.42 Å². The summed E-state index contributed by atoms with van der Waals surface area (Å²) in [5, 5.41) is 0.721. The molecule has 0 bridgehead atoms. The molecule has 0 radical (unpaired) electrons.